The number of unbranched alkanes of at least 4 members (excludes halogenated alkanes) is 1. The van der Waals surface area contributed by atoms with Crippen molar-refractivity contribution in [2.75, 3.05) is 5.88 Å². The van der Waals surface area contributed by atoms with Gasteiger partial charge in [0.05, 0.1) is 21.3 Å². The van der Waals surface area contributed by atoms with E-state index in [1.54, 1.807) is 22.1 Å². The molecule has 0 saturated heterocycles. The Bertz CT molecular complexity index is 621. The van der Waals surface area contributed by atoms with Crippen molar-refractivity contribution in [1.29, 1.82) is 0 Å². The van der Waals surface area contributed by atoms with Gasteiger partial charge in [-0.2, -0.15) is 4.98 Å². The molecule has 2 aromatic rings. The summed E-state index contributed by atoms with van der Waals surface area (Å²) in [5.74, 6) is 0.625. The van der Waals surface area contributed by atoms with Crippen LogP contribution in [-0.2, 0) is 6.54 Å². The highest BCUT2D eigenvalue weighted by Gasteiger charge is 2.10. The zero-order valence-electron chi connectivity index (χ0n) is 11.0. The molecular formula is C13H16ClN3OS. The first-order valence-corrected chi connectivity index (χ1v) is 7.55. The molecule has 0 unspecified atom stereocenters. The average Bonchev–Trinajstić information content (AvgIpc) is 2.71. The van der Waals surface area contributed by atoms with E-state index in [0.717, 1.165) is 28.4 Å². The van der Waals surface area contributed by atoms with Crippen molar-refractivity contribution in [3.05, 3.63) is 33.4 Å². The van der Waals surface area contributed by atoms with Crippen LogP contribution in [-0.4, -0.2) is 20.4 Å². The number of hydrogen-bond donors (Lipinski definition) is 0. The van der Waals surface area contributed by atoms with E-state index in [1.165, 1.54) is 0 Å². The van der Waals surface area contributed by atoms with Gasteiger partial charge >= 0.3 is 5.69 Å². The second-order valence-electron chi connectivity index (χ2n) is 4.33. The molecule has 2 aromatic heterocycles. The van der Waals surface area contributed by atoms with Crippen molar-refractivity contribution in [1.82, 2.24) is 14.5 Å². The molecule has 2 rings (SSSR count). The minimum atomic E-state index is -0.211. The van der Waals surface area contributed by atoms with Crippen molar-refractivity contribution in [3.8, 4) is 10.6 Å². The van der Waals surface area contributed by atoms with Gasteiger partial charge in [0.2, 0.25) is 0 Å². The third-order valence-corrected chi connectivity index (χ3v) is 4.16. The van der Waals surface area contributed by atoms with E-state index in [1.807, 2.05) is 19.9 Å². The SMILES string of the molecule is Cc1nc(C)c(-c2ccn(CCCCCl)c(=O)n2)s1. The molecule has 4 nitrogen and oxygen atoms in total. The molecule has 0 spiro atoms. The topological polar surface area (TPSA) is 47.8 Å². The first kappa shape index (κ1) is 14.2. The Balaban J connectivity index is 2.24. The minimum absolute atomic E-state index is 0.211. The third-order valence-electron chi connectivity index (χ3n) is 2.79. The van der Waals surface area contributed by atoms with Gasteiger partial charge in [0, 0.05) is 18.6 Å². The molecule has 6 heteroatoms. The quantitative estimate of drug-likeness (QED) is 0.629. The monoisotopic (exact) mass is 297 g/mol. The number of hydrogen-bond acceptors (Lipinski definition) is 4. The average molecular weight is 298 g/mol. The number of aromatic nitrogens is 3. The fourth-order valence-corrected chi connectivity index (χ4v) is 2.95. The Morgan fingerprint density at radius 1 is 1.32 bits per heavy atom. The zero-order chi connectivity index (χ0) is 13.8. The van der Waals surface area contributed by atoms with E-state index in [0.29, 0.717) is 18.1 Å². The van der Waals surface area contributed by atoms with Crippen LogP contribution in [0.2, 0.25) is 0 Å². The van der Waals surface area contributed by atoms with Gasteiger partial charge in [0.1, 0.15) is 0 Å². The molecule has 0 amide bonds. The maximum atomic E-state index is 11.9. The number of rotatable bonds is 5. The van der Waals surface area contributed by atoms with Gasteiger partial charge < -0.3 is 0 Å². The van der Waals surface area contributed by atoms with Crippen LogP contribution < -0.4 is 5.69 Å². The lowest BCUT2D eigenvalue weighted by molar-refractivity contribution is 0.602. The molecule has 0 bridgehead atoms. The van der Waals surface area contributed by atoms with E-state index in [9.17, 15) is 4.79 Å². The largest absolute Gasteiger partial charge is 0.348 e. The lowest BCUT2D eigenvalue weighted by Gasteiger charge is -2.05. The summed E-state index contributed by atoms with van der Waals surface area (Å²) in [4.78, 5) is 21.4. The Morgan fingerprint density at radius 3 is 2.68 bits per heavy atom. The maximum absolute atomic E-state index is 11.9. The van der Waals surface area contributed by atoms with Crippen LogP contribution in [0.4, 0.5) is 0 Å². The molecule has 19 heavy (non-hydrogen) atoms. The van der Waals surface area contributed by atoms with E-state index in [4.69, 9.17) is 11.6 Å². The molecule has 2 heterocycles. The van der Waals surface area contributed by atoms with E-state index in [-0.39, 0.29) is 5.69 Å². The maximum Gasteiger partial charge on any atom is 0.348 e. The highest BCUT2D eigenvalue weighted by atomic mass is 35.5. The summed E-state index contributed by atoms with van der Waals surface area (Å²) in [7, 11) is 0. The van der Waals surface area contributed by atoms with Crippen LogP contribution in [0.25, 0.3) is 10.6 Å². The number of alkyl halides is 1. The van der Waals surface area contributed by atoms with Gasteiger partial charge in [0.25, 0.3) is 0 Å². The highest BCUT2D eigenvalue weighted by molar-refractivity contribution is 7.15. The second-order valence-corrected chi connectivity index (χ2v) is 5.91. The summed E-state index contributed by atoms with van der Waals surface area (Å²) in [6.45, 7) is 4.56. The van der Waals surface area contributed by atoms with Crippen LogP contribution in [0.1, 0.15) is 23.5 Å². The molecule has 0 radical (unpaired) electrons. The van der Waals surface area contributed by atoms with Crippen molar-refractivity contribution in [3.63, 3.8) is 0 Å². The van der Waals surface area contributed by atoms with Crippen LogP contribution >= 0.6 is 22.9 Å². The Hall–Kier alpha value is -1.20. The van der Waals surface area contributed by atoms with E-state index in [2.05, 4.69) is 9.97 Å². The van der Waals surface area contributed by atoms with Gasteiger partial charge in [-0.15, -0.1) is 22.9 Å². The fraction of sp³-hybridized carbons (Fsp3) is 0.462. The molecule has 0 aliphatic carbocycles. The van der Waals surface area contributed by atoms with Gasteiger partial charge in [-0.05, 0) is 32.8 Å². The van der Waals surface area contributed by atoms with Gasteiger partial charge in [-0.3, -0.25) is 4.57 Å². The van der Waals surface area contributed by atoms with Crippen molar-refractivity contribution in [2.24, 2.45) is 0 Å². The Labute approximate surface area is 121 Å². The van der Waals surface area contributed by atoms with Gasteiger partial charge in [0.15, 0.2) is 0 Å². The zero-order valence-corrected chi connectivity index (χ0v) is 12.6. The molecule has 0 aliphatic rings. The molecule has 102 valence electrons. The van der Waals surface area contributed by atoms with Gasteiger partial charge in [-0.1, -0.05) is 0 Å². The lowest BCUT2D eigenvalue weighted by Crippen LogP contribution is -2.22. The summed E-state index contributed by atoms with van der Waals surface area (Å²) in [6, 6.07) is 1.88. The normalized spacial score (nSPS) is 10.9. The molecule has 0 atom stereocenters. The van der Waals surface area contributed by atoms with Gasteiger partial charge in [-0.25, -0.2) is 9.78 Å². The third kappa shape index (κ3) is 3.42. The number of halogens is 1. The fourth-order valence-electron chi connectivity index (χ4n) is 1.87. The second kappa shape index (κ2) is 6.30. The number of aryl methyl sites for hydroxylation is 3. The van der Waals surface area contributed by atoms with Crippen LogP contribution in [0.15, 0.2) is 17.1 Å². The molecule has 0 saturated carbocycles. The van der Waals surface area contributed by atoms with Crippen LogP contribution in [0.3, 0.4) is 0 Å². The first-order valence-electron chi connectivity index (χ1n) is 6.19. The lowest BCUT2D eigenvalue weighted by atomic mass is 10.3. The summed E-state index contributed by atoms with van der Waals surface area (Å²) < 4.78 is 1.62. The molecule has 0 N–H and O–H groups in total. The molecule has 0 fully saturated rings. The Kier molecular flexibility index (Phi) is 4.71. The van der Waals surface area contributed by atoms with E-state index < -0.39 is 0 Å². The van der Waals surface area contributed by atoms with E-state index >= 15 is 0 Å². The highest BCUT2D eigenvalue weighted by Crippen LogP contribution is 2.27. The summed E-state index contributed by atoms with van der Waals surface area (Å²) in [5, 5.41) is 0.987. The molecular weight excluding hydrogens is 282 g/mol. The van der Waals surface area contributed by atoms with Crippen LogP contribution in [0.5, 0.6) is 0 Å². The Morgan fingerprint density at radius 2 is 2.11 bits per heavy atom. The minimum Gasteiger partial charge on any atom is -0.299 e. The first-order chi connectivity index (χ1) is 9.11. The summed E-state index contributed by atoms with van der Waals surface area (Å²) >= 11 is 7.19. The summed E-state index contributed by atoms with van der Waals surface area (Å²) in [5.41, 5.74) is 1.42. The van der Waals surface area contributed by atoms with Crippen molar-refractivity contribution < 1.29 is 0 Å². The van der Waals surface area contributed by atoms with Crippen molar-refractivity contribution >= 4 is 22.9 Å². The van der Waals surface area contributed by atoms with Crippen LogP contribution in [0, 0.1) is 13.8 Å². The standard InChI is InChI=1S/C13H16ClN3OS/c1-9-12(19-10(2)15-9)11-5-8-17(13(18)16-11)7-4-3-6-14/h5,8H,3-4,6-7H2,1-2H3. The molecule has 0 aliphatic heterocycles. The summed E-state index contributed by atoms with van der Waals surface area (Å²) in [6.07, 6.45) is 3.60. The number of thiazole rings is 1. The number of nitrogens with zero attached hydrogens (tertiary/aromatic N) is 3. The predicted octanol–water partition coefficient (Wildman–Crippen LogP) is 3.00. The predicted molar refractivity (Wildman–Crippen MR) is 79.0 cm³/mol. The van der Waals surface area contributed by atoms with Crippen molar-refractivity contribution in [2.45, 2.75) is 33.2 Å². The smallest absolute Gasteiger partial charge is 0.299 e. The molecule has 0 aromatic carbocycles.